The van der Waals surface area contributed by atoms with Crippen molar-refractivity contribution in [2.75, 3.05) is 6.61 Å². The largest absolute Gasteiger partial charge is 0.494 e. The first-order chi connectivity index (χ1) is 12.7. The van der Waals surface area contributed by atoms with Crippen molar-refractivity contribution in [3.63, 3.8) is 0 Å². The van der Waals surface area contributed by atoms with E-state index in [-0.39, 0.29) is 18.0 Å². The van der Waals surface area contributed by atoms with Gasteiger partial charge in [0.05, 0.1) is 25.0 Å². The van der Waals surface area contributed by atoms with Gasteiger partial charge in [0.1, 0.15) is 17.3 Å². The summed E-state index contributed by atoms with van der Waals surface area (Å²) in [4.78, 5) is 14.4. The Kier molecular flexibility index (Phi) is 5.69. The number of carbonyl (C=O) groups is 1. The van der Waals surface area contributed by atoms with Crippen LogP contribution in [0.5, 0.6) is 5.75 Å². The van der Waals surface area contributed by atoms with Crippen LogP contribution in [0.2, 0.25) is 0 Å². The van der Waals surface area contributed by atoms with Gasteiger partial charge in [-0.1, -0.05) is 24.3 Å². The molecule has 4 nitrogen and oxygen atoms in total. The van der Waals surface area contributed by atoms with Gasteiger partial charge in [-0.15, -0.1) is 0 Å². The van der Waals surface area contributed by atoms with E-state index in [9.17, 15) is 9.18 Å². The third-order valence-electron chi connectivity index (χ3n) is 3.93. The van der Waals surface area contributed by atoms with Gasteiger partial charge in [-0.05, 0) is 48.9 Å². The van der Waals surface area contributed by atoms with Crippen molar-refractivity contribution in [2.45, 2.75) is 20.0 Å². The van der Waals surface area contributed by atoms with Crippen LogP contribution < -0.4 is 4.74 Å². The minimum Gasteiger partial charge on any atom is -0.494 e. The summed E-state index contributed by atoms with van der Waals surface area (Å²) in [6, 6.07) is 17.1. The summed E-state index contributed by atoms with van der Waals surface area (Å²) in [5, 5.41) is 0. The molecule has 0 unspecified atom stereocenters. The van der Waals surface area contributed by atoms with Crippen molar-refractivity contribution >= 4 is 5.91 Å². The molecule has 2 aromatic carbocycles. The Morgan fingerprint density at radius 1 is 1.04 bits per heavy atom. The van der Waals surface area contributed by atoms with Crippen molar-refractivity contribution < 1.29 is 18.3 Å². The van der Waals surface area contributed by atoms with Crippen molar-refractivity contribution in [1.29, 1.82) is 0 Å². The van der Waals surface area contributed by atoms with E-state index >= 15 is 0 Å². The van der Waals surface area contributed by atoms with Crippen LogP contribution in [0.1, 0.15) is 28.6 Å². The number of ether oxygens (including phenoxy) is 1. The summed E-state index contributed by atoms with van der Waals surface area (Å²) in [6.45, 7) is 3.11. The molecule has 0 fully saturated rings. The number of hydrogen-bond acceptors (Lipinski definition) is 3. The Hall–Kier alpha value is -3.08. The smallest absolute Gasteiger partial charge is 0.257 e. The number of nitrogens with zero attached hydrogens (tertiary/aromatic N) is 1. The molecule has 0 bridgehead atoms. The standard InChI is InChI=1S/C21H20FNO3/c1-2-25-17-11-9-16(10-12-17)14-23(15-18-6-5-13-26-18)21(24)19-7-3-4-8-20(19)22/h3-13H,2,14-15H2,1H3. The van der Waals surface area contributed by atoms with E-state index in [1.165, 1.54) is 12.1 Å². The minimum absolute atomic E-state index is 0.0463. The van der Waals surface area contributed by atoms with Crippen molar-refractivity contribution in [2.24, 2.45) is 0 Å². The number of hydrogen-bond donors (Lipinski definition) is 0. The van der Waals surface area contributed by atoms with Crippen LogP contribution in [-0.4, -0.2) is 17.4 Å². The first-order valence-corrected chi connectivity index (χ1v) is 8.45. The normalized spacial score (nSPS) is 10.5. The average Bonchev–Trinajstić information content (AvgIpc) is 3.16. The molecule has 0 atom stereocenters. The van der Waals surface area contributed by atoms with Crippen LogP contribution in [0.15, 0.2) is 71.3 Å². The van der Waals surface area contributed by atoms with E-state index in [4.69, 9.17) is 9.15 Å². The molecule has 3 aromatic rings. The maximum Gasteiger partial charge on any atom is 0.257 e. The fourth-order valence-electron chi connectivity index (χ4n) is 2.67. The van der Waals surface area contributed by atoms with E-state index in [0.29, 0.717) is 18.9 Å². The maximum absolute atomic E-state index is 14.1. The van der Waals surface area contributed by atoms with E-state index in [0.717, 1.165) is 11.3 Å². The van der Waals surface area contributed by atoms with Gasteiger partial charge in [0.15, 0.2) is 0 Å². The molecule has 5 heteroatoms. The third-order valence-corrected chi connectivity index (χ3v) is 3.93. The topological polar surface area (TPSA) is 42.7 Å². The lowest BCUT2D eigenvalue weighted by atomic mass is 10.1. The SMILES string of the molecule is CCOc1ccc(CN(Cc2ccco2)C(=O)c2ccccc2F)cc1. The second-order valence-electron chi connectivity index (χ2n) is 5.80. The second kappa shape index (κ2) is 8.34. The van der Waals surface area contributed by atoms with E-state index < -0.39 is 5.82 Å². The summed E-state index contributed by atoms with van der Waals surface area (Å²) in [7, 11) is 0. The Balaban J connectivity index is 1.83. The molecule has 0 aliphatic heterocycles. The van der Waals surface area contributed by atoms with Crippen LogP contribution in [0.25, 0.3) is 0 Å². The Labute approximate surface area is 151 Å². The highest BCUT2D eigenvalue weighted by atomic mass is 19.1. The maximum atomic E-state index is 14.1. The number of rotatable bonds is 7. The third kappa shape index (κ3) is 4.30. The predicted octanol–water partition coefficient (Wildman–Crippen LogP) is 4.66. The van der Waals surface area contributed by atoms with Crippen molar-refractivity contribution in [3.05, 3.63) is 89.6 Å². The summed E-state index contributed by atoms with van der Waals surface area (Å²) in [5.74, 6) is 0.497. The summed E-state index contributed by atoms with van der Waals surface area (Å²) in [6.07, 6.45) is 1.55. The number of halogens is 1. The molecule has 26 heavy (non-hydrogen) atoms. The molecule has 1 heterocycles. The summed E-state index contributed by atoms with van der Waals surface area (Å²) >= 11 is 0. The van der Waals surface area contributed by atoms with Gasteiger partial charge in [-0.3, -0.25) is 4.79 Å². The lowest BCUT2D eigenvalue weighted by Gasteiger charge is -2.22. The Morgan fingerprint density at radius 3 is 2.46 bits per heavy atom. The lowest BCUT2D eigenvalue weighted by molar-refractivity contribution is 0.0713. The fraction of sp³-hybridized carbons (Fsp3) is 0.190. The second-order valence-corrected chi connectivity index (χ2v) is 5.80. The van der Waals surface area contributed by atoms with Gasteiger partial charge in [0, 0.05) is 6.54 Å². The van der Waals surface area contributed by atoms with Crippen LogP contribution in [0.4, 0.5) is 4.39 Å². The van der Waals surface area contributed by atoms with Crippen LogP contribution in [-0.2, 0) is 13.1 Å². The lowest BCUT2D eigenvalue weighted by Crippen LogP contribution is -2.30. The molecule has 3 rings (SSSR count). The Bertz CT molecular complexity index is 844. The molecular weight excluding hydrogens is 333 g/mol. The number of benzene rings is 2. The zero-order valence-corrected chi connectivity index (χ0v) is 14.5. The molecule has 134 valence electrons. The molecule has 1 amide bonds. The van der Waals surface area contributed by atoms with Crippen molar-refractivity contribution in [1.82, 2.24) is 4.90 Å². The van der Waals surface area contributed by atoms with Gasteiger partial charge in [-0.2, -0.15) is 0 Å². The van der Waals surface area contributed by atoms with E-state index in [1.807, 2.05) is 31.2 Å². The summed E-state index contributed by atoms with van der Waals surface area (Å²) < 4.78 is 24.9. The molecule has 0 radical (unpaired) electrons. The minimum atomic E-state index is -0.534. The summed E-state index contributed by atoms with van der Waals surface area (Å²) in [5.41, 5.74) is 0.967. The number of amides is 1. The van der Waals surface area contributed by atoms with Gasteiger partial charge >= 0.3 is 0 Å². The highest BCUT2D eigenvalue weighted by Gasteiger charge is 2.20. The van der Waals surface area contributed by atoms with E-state index in [2.05, 4.69) is 0 Å². The van der Waals surface area contributed by atoms with E-state index in [1.54, 1.807) is 35.4 Å². The van der Waals surface area contributed by atoms with Crippen LogP contribution in [0.3, 0.4) is 0 Å². The average molecular weight is 353 g/mol. The first-order valence-electron chi connectivity index (χ1n) is 8.45. The molecular formula is C21H20FNO3. The highest BCUT2D eigenvalue weighted by molar-refractivity contribution is 5.94. The number of furan rings is 1. The Morgan fingerprint density at radius 2 is 1.81 bits per heavy atom. The van der Waals surface area contributed by atoms with Gasteiger partial charge in [-0.25, -0.2) is 4.39 Å². The quantitative estimate of drug-likeness (QED) is 0.620. The predicted molar refractivity (Wildman–Crippen MR) is 96.3 cm³/mol. The van der Waals surface area contributed by atoms with Gasteiger partial charge in [0.25, 0.3) is 5.91 Å². The van der Waals surface area contributed by atoms with Gasteiger partial charge < -0.3 is 14.1 Å². The van der Waals surface area contributed by atoms with Gasteiger partial charge in [0.2, 0.25) is 0 Å². The molecule has 0 saturated carbocycles. The fourth-order valence-corrected chi connectivity index (χ4v) is 2.67. The number of carbonyl (C=O) groups excluding carboxylic acids is 1. The zero-order chi connectivity index (χ0) is 18.4. The molecule has 1 aromatic heterocycles. The molecule has 0 saturated heterocycles. The monoisotopic (exact) mass is 353 g/mol. The van der Waals surface area contributed by atoms with Crippen LogP contribution >= 0.6 is 0 Å². The molecule has 0 aliphatic carbocycles. The molecule has 0 spiro atoms. The molecule has 0 aliphatic rings. The zero-order valence-electron chi connectivity index (χ0n) is 14.5. The molecule has 0 N–H and O–H groups in total. The highest BCUT2D eigenvalue weighted by Crippen LogP contribution is 2.18. The van der Waals surface area contributed by atoms with Crippen molar-refractivity contribution in [3.8, 4) is 5.75 Å². The van der Waals surface area contributed by atoms with Crippen LogP contribution in [0, 0.1) is 5.82 Å². The first kappa shape index (κ1) is 17.7.